The first kappa shape index (κ1) is 23.8. The van der Waals surface area contributed by atoms with E-state index >= 15 is 0 Å². The first-order chi connectivity index (χ1) is 13.0. The summed E-state index contributed by atoms with van der Waals surface area (Å²) in [6.45, 7) is 8.78. The van der Waals surface area contributed by atoms with Crippen LogP contribution in [0.1, 0.15) is 50.9 Å². The second-order valence-electron chi connectivity index (χ2n) is 6.53. The van der Waals surface area contributed by atoms with Crippen molar-refractivity contribution in [3.05, 3.63) is 59.7 Å². The van der Waals surface area contributed by atoms with Gasteiger partial charge in [0.1, 0.15) is 0 Å². The van der Waals surface area contributed by atoms with E-state index in [4.69, 9.17) is 15.2 Å². The zero-order valence-electron chi connectivity index (χ0n) is 17.0. The number of amides is 1. The summed E-state index contributed by atoms with van der Waals surface area (Å²) in [5.74, 6) is 0.975. The van der Waals surface area contributed by atoms with Crippen LogP contribution in [0.2, 0.25) is 0 Å². The molecule has 2 aromatic rings. The number of hydrogen-bond donors (Lipinski definition) is 2. The third-order valence-electron chi connectivity index (χ3n) is 4.56. The standard InChI is InChI=1S/C22H30N2O3.ClH/c1-5-26-19-13-12-18(14-20(19)27-6-2)16(4)24-22(25)15(3)21(23)17-10-8-7-9-11-17;/h7-16,21H,5-6,23H2,1-4H3,(H,24,25);1H. The zero-order chi connectivity index (χ0) is 19.8. The number of hydrogen-bond acceptors (Lipinski definition) is 4. The van der Waals surface area contributed by atoms with E-state index in [1.165, 1.54) is 0 Å². The molecule has 3 atom stereocenters. The Balaban J connectivity index is 0.00000392. The number of benzene rings is 2. The Hall–Kier alpha value is -2.24. The van der Waals surface area contributed by atoms with Crippen LogP contribution in [0.4, 0.5) is 0 Å². The highest BCUT2D eigenvalue weighted by molar-refractivity contribution is 5.85. The minimum Gasteiger partial charge on any atom is -0.490 e. The number of nitrogens with one attached hydrogen (secondary N) is 1. The van der Waals surface area contributed by atoms with Gasteiger partial charge >= 0.3 is 0 Å². The van der Waals surface area contributed by atoms with Gasteiger partial charge in [-0.25, -0.2) is 0 Å². The summed E-state index contributed by atoms with van der Waals surface area (Å²) in [5.41, 5.74) is 8.18. The van der Waals surface area contributed by atoms with Gasteiger partial charge in [0.15, 0.2) is 11.5 Å². The van der Waals surface area contributed by atoms with Crippen molar-refractivity contribution < 1.29 is 14.3 Å². The van der Waals surface area contributed by atoms with E-state index in [0.29, 0.717) is 24.7 Å². The molecule has 5 nitrogen and oxygen atoms in total. The van der Waals surface area contributed by atoms with Gasteiger partial charge in [0.05, 0.1) is 25.2 Å². The van der Waals surface area contributed by atoms with Crippen LogP contribution < -0.4 is 20.5 Å². The number of rotatable bonds is 9. The maximum Gasteiger partial charge on any atom is 0.225 e. The largest absolute Gasteiger partial charge is 0.490 e. The Labute approximate surface area is 174 Å². The molecule has 0 aliphatic carbocycles. The third kappa shape index (κ3) is 6.14. The van der Waals surface area contributed by atoms with Crippen molar-refractivity contribution >= 4 is 18.3 Å². The van der Waals surface area contributed by atoms with Gasteiger partial charge in [0, 0.05) is 6.04 Å². The molecule has 0 aromatic heterocycles. The Morgan fingerprint density at radius 2 is 1.57 bits per heavy atom. The van der Waals surface area contributed by atoms with Gasteiger partial charge in [0.2, 0.25) is 5.91 Å². The van der Waals surface area contributed by atoms with Crippen molar-refractivity contribution in [3.63, 3.8) is 0 Å². The Kier molecular flexibility index (Phi) is 9.83. The molecule has 0 fully saturated rings. The van der Waals surface area contributed by atoms with Crippen LogP contribution >= 0.6 is 12.4 Å². The highest BCUT2D eigenvalue weighted by atomic mass is 35.5. The molecule has 0 radical (unpaired) electrons. The third-order valence-corrected chi connectivity index (χ3v) is 4.56. The summed E-state index contributed by atoms with van der Waals surface area (Å²) in [6, 6.07) is 14.9. The van der Waals surface area contributed by atoms with E-state index in [-0.39, 0.29) is 36.3 Å². The number of carbonyl (C=O) groups excluding carboxylic acids is 1. The molecule has 1 amide bonds. The van der Waals surface area contributed by atoms with E-state index in [1.54, 1.807) is 0 Å². The predicted octanol–water partition coefficient (Wildman–Crippen LogP) is 4.42. The van der Waals surface area contributed by atoms with Crippen molar-refractivity contribution in [3.8, 4) is 11.5 Å². The van der Waals surface area contributed by atoms with E-state index in [2.05, 4.69) is 5.32 Å². The average molecular weight is 407 g/mol. The highest BCUT2D eigenvalue weighted by Crippen LogP contribution is 2.31. The van der Waals surface area contributed by atoms with Gasteiger partial charge in [-0.1, -0.05) is 43.3 Å². The molecule has 2 rings (SSSR count). The van der Waals surface area contributed by atoms with Crippen molar-refractivity contribution in [1.82, 2.24) is 5.32 Å². The molecule has 3 N–H and O–H groups in total. The number of ether oxygens (including phenoxy) is 2. The normalized spacial score (nSPS) is 13.6. The van der Waals surface area contributed by atoms with E-state index < -0.39 is 0 Å². The van der Waals surface area contributed by atoms with Crippen LogP contribution in [0.5, 0.6) is 11.5 Å². The zero-order valence-corrected chi connectivity index (χ0v) is 17.8. The molecule has 0 aliphatic rings. The lowest BCUT2D eigenvalue weighted by Crippen LogP contribution is -2.36. The number of nitrogens with two attached hydrogens (primary N) is 1. The van der Waals surface area contributed by atoms with Crippen molar-refractivity contribution in [2.45, 2.75) is 39.8 Å². The fourth-order valence-electron chi connectivity index (χ4n) is 2.89. The molecule has 6 heteroatoms. The molecule has 28 heavy (non-hydrogen) atoms. The van der Waals surface area contributed by atoms with E-state index in [1.807, 2.05) is 76.2 Å². The number of carbonyl (C=O) groups is 1. The molecule has 0 bridgehead atoms. The lowest BCUT2D eigenvalue weighted by molar-refractivity contribution is -0.125. The lowest BCUT2D eigenvalue weighted by atomic mass is 9.94. The van der Waals surface area contributed by atoms with Crippen molar-refractivity contribution in [1.29, 1.82) is 0 Å². The van der Waals surface area contributed by atoms with Crippen molar-refractivity contribution in [2.75, 3.05) is 13.2 Å². The Morgan fingerprint density at radius 3 is 2.18 bits per heavy atom. The summed E-state index contributed by atoms with van der Waals surface area (Å²) >= 11 is 0. The molecular weight excluding hydrogens is 376 g/mol. The summed E-state index contributed by atoms with van der Waals surface area (Å²) in [6.07, 6.45) is 0. The second kappa shape index (κ2) is 11.6. The maximum absolute atomic E-state index is 12.7. The Morgan fingerprint density at radius 1 is 0.964 bits per heavy atom. The monoisotopic (exact) mass is 406 g/mol. The second-order valence-corrected chi connectivity index (χ2v) is 6.53. The van der Waals surface area contributed by atoms with Crippen molar-refractivity contribution in [2.24, 2.45) is 11.7 Å². The molecule has 0 saturated carbocycles. The fourth-order valence-corrected chi connectivity index (χ4v) is 2.89. The summed E-state index contributed by atoms with van der Waals surface area (Å²) in [4.78, 5) is 12.7. The molecule has 154 valence electrons. The molecular formula is C22H31ClN2O3. The predicted molar refractivity (Wildman–Crippen MR) is 115 cm³/mol. The van der Waals surface area contributed by atoms with Gasteiger partial charge in [-0.2, -0.15) is 0 Å². The number of halogens is 1. The van der Waals surface area contributed by atoms with Crippen LogP contribution in [-0.4, -0.2) is 19.1 Å². The van der Waals surface area contributed by atoms with Gasteiger partial charge in [-0.05, 0) is 44.0 Å². The minimum absolute atomic E-state index is 0. The van der Waals surface area contributed by atoms with Gasteiger partial charge < -0.3 is 20.5 Å². The quantitative estimate of drug-likeness (QED) is 0.646. The van der Waals surface area contributed by atoms with Gasteiger partial charge in [-0.15, -0.1) is 12.4 Å². The molecule has 0 spiro atoms. The molecule has 3 unspecified atom stereocenters. The van der Waals surface area contributed by atoms with E-state index in [0.717, 1.165) is 11.1 Å². The van der Waals surface area contributed by atoms with Gasteiger partial charge in [0.25, 0.3) is 0 Å². The summed E-state index contributed by atoms with van der Waals surface area (Å²) in [7, 11) is 0. The molecule has 0 aliphatic heterocycles. The summed E-state index contributed by atoms with van der Waals surface area (Å²) in [5, 5.41) is 3.05. The fraction of sp³-hybridized carbons (Fsp3) is 0.409. The van der Waals surface area contributed by atoms with Gasteiger partial charge in [-0.3, -0.25) is 4.79 Å². The maximum atomic E-state index is 12.7. The first-order valence-corrected chi connectivity index (χ1v) is 9.48. The minimum atomic E-state index is -0.349. The van der Waals surface area contributed by atoms with Crippen LogP contribution in [0.15, 0.2) is 48.5 Å². The van der Waals surface area contributed by atoms with Crippen LogP contribution in [0.25, 0.3) is 0 Å². The topological polar surface area (TPSA) is 73.6 Å². The van der Waals surface area contributed by atoms with Crippen LogP contribution in [0, 0.1) is 5.92 Å². The first-order valence-electron chi connectivity index (χ1n) is 9.48. The molecule has 0 heterocycles. The smallest absolute Gasteiger partial charge is 0.225 e. The lowest BCUT2D eigenvalue weighted by Gasteiger charge is -2.23. The summed E-state index contributed by atoms with van der Waals surface area (Å²) < 4.78 is 11.3. The van der Waals surface area contributed by atoms with Crippen LogP contribution in [0.3, 0.4) is 0 Å². The molecule has 0 saturated heterocycles. The molecule has 2 aromatic carbocycles. The Bertz CT molecular complexity index is 740. The SMILES string of the molecule is CCOc1ccc(C(C)NC(=O)C(C)C(N)c2ccccc2)cc1OCC.Cl. The average Bonchev–Trinajstić information content (AvgIpc) is 2.69. The van der Waals surface area contributed by atoms with Crippen LogP contribution in [-0.2, 0) is 4.79 Å². The highest BCUT2D eigenvalue weighted by Gasteiger charge is 2.24. The van der Waals surface area contributed by atoms with E-state index in [9.17, 15) is 4.79 Å².